The predicted molar refractivity (Wildman–Crippen MR) is 134 cm³/mol. The third-order valence-electron chi connectivity index (χ3n) is 5.13. The lowest BCUT2D eigenvalue weighted by Gasteiger charge is -2.29. The Hall–Kier alpha value is -1.89. The summed E-state index contributed by atoms with van der Waals surface area (Å²) < 4.78 is 5.30. The molecule has 0 spiro atoms. The van der Waals surface area contributed by atoms with Gasteiger partial charge in [0.25, 0.3) is 0 Å². The van der Waals surface area contributed by atoms with Gasteiger partial charge in [-0.05, 0) is 55.7 Å². The lowest BCUT2D eigenvalue weighted by molar-refractivity contribution is -0.138. The molecule has 0 heterocycles. The number of hydrogen-bond donors (Lipinski definition) is 1. The summed E-state index contributed by atoms with van der Waals surface area (Å²) in [4.78, 5) is 27.6. The molecular formula is C24H30Cl2N2O3S. The highest BCUT2D eigenvalue weighted by Gasteiger charge is 2.26. The van der Waals surface area contributed by atoms with E-state index in [1.165, 1.54) is 11.8 Å². The van der Waals surface area contributed by atoms with E-state index in [9.17, 15) is 9.59 Å². The quantitative estimate of drug-likeness (QED) is 0.441. The lowest BCUT2D eigenvalue weighted by Crippen LogP contribution is -2.50. The zero-order valence-corrected chi connectivity index (χ0v) is 21.2. The largest absolute Gasteiger partial charge is 0.497 e. The van der Waals surface area contributed by atoms with Gasteiger partial charge < -0.3 is 15.0 Å². The number of carbonyl (C=O) groups excluding carboxylic acids is 2. The summed E-state index contributed by atoms with van der Waals surface area (Å²) in [6.07, 6.45) is 0.821. The maximum absolute atomic E-state index is 13.2. The summed E-state index contributed by atoms with van der Waals surface area (Å²) >= 11 is 13.5. The molecule has 2 aromatic carbocycles. The first-order chi connectivity index (χ1) is 15.2. The number of halogens is 2. The van der Waals surface area contributed by atoms with E-state index in [4.69, 9.17) is 27.9 Å². The minimum absolute atomic E-state index is 0.0442. The van der Waals surface area contributed by atoms with Gasteiger partial charge in [-0.2, -0.15) is 0 Å². The molecular weight excluding hydrogens is 467 g/mol. The van der Waals surface area contributed by atoms with Crippen molar-refractivity contribution >= 4 is 46.8 Å². The normalized spacial score (nSPS) is 12.7. The Bertz CT molecular complexity index is 926. The molecule has 2 aromatic rings. The van der Waals surface area contributed by atoms with Crippen molar-refractivity contribution in [3.05, 3.63) is 63.6 Å². The van der Waals surface area contributed by atoms with Gasteiger partial charge in [-0.1, -0.05) is 48.3 Å². The van der Waals surface area contributed by atoms with E-state index in [1.807, 2.05) is 44.2 Å². The van der Waals surface area contributed by atoms with Gasteiger partial charge in [0.05, 0.1) is 22.9 Å². The number of rotatable bonds is 11. The van der Waals surface area contributed by atoms with Gasteiger partial charge in [0.2, 0.25) is 11.8 Å². The second-order valence-electron chi connectivity index (χ2n) is 7.61. The van der Waals surface area contributed by atoms with Gasteiger partial charge in [-0.25, -0.2) is 0 Å². The molecule has 8 heteroatoms. The summed E-state index contributed by atoms with van der Waals surface area (Å²) in [6.45, 7) is 6.04. The minimum Gasteiger partial charge on any atom is -0.497 e. The van der Waals surface area contributed by atoms with E-state index in [0.29, 0.717) is 28.1 Å². The van der Waals surface area contributed by atoms with Crippen LogP contribution in [0.5, 0.6) is 5.75 Å². The van der Waals surface area contributed by atoms with Crippen LogP contribution in [0.3, 0.4) is 0 Å². The van der Waals surface area contributed by atoms with Crippen LogP contribution in [0, 0.1) is 0 Å². The van der Waals surface area contributed by atoms with Crippen LogP contribution < -0.4 is 10.1 Å². The van der Waals surface area contributed by atoms with Crippen LogP contribution in [-0.4, -0.2) is 41.7 Å². The van der Waals surface area contributed by atoms with Gasteiger partial charge in [0.15, 0.2) is 0 Å². The molecule has 0 radical (unpaired) electrons. The highest BCUT2D eigenvalue weighted by atomic mass is 35.5. The molecule has 2 amide bonds. The Labute approximate surface area is 204 Å². The molecule has 0 unspecified atom stereocenters. The Kier molecular flexibility index (Phi) is 10.7. The summed E-state index contributed by atoms with van der Waals surface area (Å²) in [6, 6.07) is 12.4. The molecule has 0 fully saturated rings. The molecule has 2 rings (SSSR count). The molecule has 2 atom stereocenters. The molecule has 174 valence electrons. The number of hydrogen-bond acceptors (Lipinski definition) is 4. The van der Waals surface area contributed by atoms with Gasteiger partial charge in [-0.15, -0.1) is 11.8 Å². The smallest absolute Gasteiger partial charge is 0.242 e. The van der Waals surface area contributed by atoms with Crippen LogP contribution in [0.2, 0.25) is 10.0 Å². The van der Waals surface area contributed by atoms with Gasteiger partial charge in [-0.3, -0.25) is 9.59 Å². The number of carbonyl (C=O) groups is 2. The van der Waals surface area contributed by atoms with Crippen molar-refractivity contribution in [1.82, 2.24) is 10.2 Å². The first-order valence-electron chi connectivity index (χ1n) is 10.5. The Balaban J connectivity index is 2.11. The number of nitrogens with one attached hydrogen (secondary N) is 1. The first kappa shape index (κ1) is 26.4. The van der Waals surface area contributed by atoms with Crippen molar-refractivity contribution in [2.45, 2.75) is 51.6 Å². The van der Waals surface area contributed by atoms with Crippen molar-refractivity contribution in [3.8, 4) is 5.75 Å². The number of benzene rings is 2. The SMILES string of the molecule is CC[C@H](C)NC(=O)[C@@H](C)N(Cc1cccc(OC)c1)C(=O)CSCc1ccc(Cl)c(Cl)c1. The molecule has 0 saturated carbocycles. The first-order valence-corrected chi connectivity index (χ1v) is 12.4. The standard InChI is InChI=1S/C24H30Cl2N2O3S/c1-5-16(2)27-24(30)17(3)28(13-18-7-6-8-20(11-18)31-4)23(29)15-32-14-19-9-10-21(25)22(26)12-19/h6-12,16-17H,5,13-15H2,1-4H3,(H,27,30)/t16-,17+/m0/s1. The minimum atomic E-state index is -0.603. The highest BCUT2D eigenvalue weighted by Crippen LogP contribution is 2.25. The molecule has 5 nitrogen and oxygen atoms in total. The Morgan fingerprint density at radius 3 is 2.50 bits per heavy atom. The summed E-state index contributed by atoms with van der Waals surface area (Å²) in [5.41, 5.74) is 1.88. The number of nitrogens with zero attached hydrogens (tertiary/aromatic N) is 1. The third kappa shape index (κ3) is 7.91. The van der Waals surface area contributed by atoms with E-state index >= 15 is 0 Å². The highest BCUT2D eigenvalue weighted by molar-refractivity contribution is 7.99. The average Bonchev–Trinajstić information content (AvgIpc) is 2.79. The predicted octanol–water partition coefficient (Wildman–Crippen LogP) is 5.57. The number of amides is 2. The average molecular weight is 497 g/mol. The Morgan fingerprint density at radius 2 is 1.84 bits per heavy atom. The number of ether oxygens (including phenoxy) is 1. The molecule has 1 N–H and O–H groups in total. The monoisotopic (exact) mass is 496 g/mol. The molecule has 0 bridgehead atoms. The van der Waals surface area contributed by atoms with Crippen LogP contribution in [0.25, 0.3) is 0 Å². The van der Waals surface area contributed by atoms with E-state index in [0.717, 1.165) is 17.5 Å². The molecule has 0 aromatic heterocycles. The van der Waals surface area contributed by atoms with Crippen molar-refractivity contribution in [3.63, 3.8) is 0 Å². The van der Waals surface area contributed by atoms with Crippen molar-refractivity contribution in [2.75, 3.05) is 12.9 Å². The second-order valence-corrected chi connectivity index (χ2v) is 9.41. The zero-order chi connectivity index (χ0) is 23.7. The molecule has 0 aliphatic heterocycles. The maximum Gasteiger partial charge on any atom is 0.242 e. The third-order valence-corrected chi connectivity index (χ3v) is 6.86. The van der Waals surface area contributed by atoms with E-state index in [2.05, 4.69) is 5.32 Å². The van der Waals surface area contributed by atoms with Crippen molar-refractivity contribution in [2.24, 2.45) is 0 Å². The van der Waals surface area contributed by atoms with Crippen molar-refractivity contribution < 1.29 is 14.3 Å². The van der Waals surface area contributed by atoms with Crippen molar-refractivity contribution in [1.29, 1.82) is 0 Å². The molecule has 0 aliphatic carbocycles. The Morgan fingerprint density at radius 1 is 1.09 bits per heavy atom. The maximum atomic E-state index is 13.2. The zero-order valence-electron chi connectivity index (χ0n) is 18.9. The van der Waals surface area contributed by atoms with Crippen LogP contribution in [0.4, 0.5) is 0 Å². The van der Waals surface area contributed by atoms with Crippen LogP contribution in [0.15, 0.2) is 42.5 Å². The molecule has 0 aliphatic rings. The topological polar surface area (TPSA) is 58.6 Å². The van der Waals surface area contributed by atoms with E-state index in [-0.39, 0.29) is 23.6 Å². The van der Waals surface area contributed by atoms with Crippen LogP contribution >= 0.6 is 35.0 Å². The van der Waals surface area contributed by atoms with Crippen LogP contribution in [0.1, 0.15) is 38.3 Å². The van der Waals surface area contributed by atoms with E-state index < -0.39 is 6.04 Å². The van der Waals surface area contributed by atoms with Gasteiger partial charge in [0, 0.05) is 18.3 Å². The molecule has 32 heavy (non-hydrogen) atoms. The van der Waals surface area contributed by atoms with Crippen LogP contribution in [-0.2, 0) is 21.9 Å². The lowest BCUT2D eigenvalue weighted by atomic mass is 10.1. The molecule has 0 saturated heterocycles. The number of thioether (sulfide) groups is 1. The summed E-state index contributed by atoms with van der Waals surface area (Å²) in [7, 11) is 1.60. The van der Waals surface area contributed by atoms with Gasteiger partial charge >= 0.3 is 0 Å². The van der Waals surface area contributed by atoms with Gasteiger partial charge in [0.1, 0.15) is 11.8 Å². The van der Waals surface area contributed by atoms with E-state index in [1.54, 1.807) is 31.1 Å². The summed E-state index contributed by atoms with van der Waals surface area (Å²) in [5, 5.41) is 3.97. The fourth-order valence-corrected chi connectivity index (χ4v) is 4.16. The fourth-order valence-electron chi connectivity index (χ4n) is 2.98. The fraction of sp³-hybridized carbons (Fsp3) is 0.417. The summed E-state index contributed by atoms with van der Waals surface area (Å²) in [5.74, 6) is 1.30. The number of methoxy groups -OCH3 is 1. The second kappa shape index (κ2) is 13.0.